The lowest BCUT2D eigenvalue weighted by Crippen LogP contribution is -2.19. The number of carboxylic acid groups (broad SMARTS) is 1. The summed E-state index contributed by atoms with van der Waals surface area (Å²) in [7, 11) is 0. The van der Waals surface area contributed by atoms with E-state index in [2.05, 4.69) is 4.74 Å². The van der Waals surface area contributed by atoms with Crippen LogP contribution in [0.2, 0.25) is 0 Å². The Morgan fingerprint density at radius 2 is 2.05 bits per heavy atom. The molecule has 0 aliphatic carbocycles. The van der Waals surface area contributed by atoms with E-state index in [1.54, 1.807) is 0 Å². The number of carbonyl (C=O) groups is 1. The van der Waals surface area contributed by atoms with E-state index in [9.17, 15) is 22.4 Å². The second-order valence-corrected chi connectivity index (χ2v) is 4.28. The molecule has 0 aromatic heterocycles. The number of benzene rings is 1. The fraction of sp³-hybridized carbons (Fsp3) is 0.462. The van der Waals surface area contributed by atoms with Gasteiger partial charge in [-0.25, -0.2) is 9.18 Å². The molecule has 1 N–H and O–H groups in total. The van der Waals surface area contributed by atoms with Gasteiger partial charge in [-0.15, -0.1) is 0 Å². The van der Waals surface area contributed by atoms with Crippen LogP contribution in [0, 0.1) is 11.6 Å². The lowest BCUT2D eigenvalue weighted by molar-refractivity contribution is -0.149. The van der Waals surface area contributed by atoms with Gasteiger partial charge in [0, 0.05) is 0 Å². The highest BCUT2D eigenvalue weighted by Gasteiger charge is 2.27. The van der Waals surface area contributed by atoms with Gasteiger partial charge in [-0.2, -0.15) is 13.2 Å². The second-order valence-electron chi connectivity index (χ2n) is 4.28. The van der Waals surface area contributed by atoms with Gasteiger partial charge >= 0.3 is 12.6 Å². The first kappa shape index (κ1) is 17.2. The zero-order valence-electron chi connectivity index (χ0n) is 11.1. The van der Waals surface area contributed by atoms with Crippen LogP contribution in [-0.2, 0) is 9.53 Å². The molecule has 0 amide bonds. The molecule has 1 aliphatic rings. The van der Waals surface area contributed by atoms with Gasteiger partial charge in [0.05, 0.1) is 6.10 Å². The normalized spacial score (nSPS) is 20.9. The Bertz CT molecular complexity index is 481. The number of hydrogen-bond donors (Lipinski definition) is 1. The molecular formula is C13H14F4O4. The maximum Gasteiger partial charge on any atom is 0.387 e. The van der Waals surface area contributed by atoms with Crippen LogP contribution < -0.4 is 4.74 Å². The van der Waals surface area contributed by atoms with E-state index < -0.39 is 36.1 Å². The molecule has 8 heteroatoms. The summed E-state index contributed by atoms with van der Waals surface area (Å²) in [4.78, 5) is 10.2. The van der Waals surface area contributed by atoms with Crippen LogP contribution in [0.5, 0.6) is 5.75 Å². The van der Waals surface area contributed by atoms with Crippen LogP contribution in [0.25, 0.3) is 0 Å². The SMILES string of the molecule is CC1CCC(C(=O)O)O1.Fc1cccc(OC(F)F)c1F. The molecule has 2 atom stereocenters. The second kappa shape index (κ2) is 7.82. The predicted octanol–water partition coefficient (Wildman–Crippen LogP) is 3.20. The number of rotatable bonds is 3. The fourth-order valence-corrected chi connectivity index (χ4v) is 1.66. The van der Waals surface area contributed by atoms with E-state index in [0.29, 0.717) is 6.42 Å². The van der Waals surface area contributed by atoms with Crippen molar-refractivity contribution in [3.05, 3.63) is 29.8 Å². The summed E-state index contributed by atoms with van der Waals surface area (Å²) in [5.41, 5.74) is 0. The topological polar surface area (TPSA) is 55.8 Å². The van der Waals surface area contributed by atoms with Crippen LogP contribution in [0.3, 0.4) is 0 Å². The molecule has 1 aliphatic heterocycles. The molecule has 2 unspecified atom stereocenters. The van der Waals surface area contributed by atoms with Gasteiger partial charge in [-0.3, -0.25) is 0 Å². The van der Waals surface area contributed by atoms with Crippen LogP contribution in [0.15, 0.2) is 18.2 Å². The highest BCUT2D eigenvalue weighted by Crippen LogP contribution is 2.20. The summed E-state index contributed by atoms with van der Waals surface area (Å²) in [6.07, 6.45) is 1.12. The van der Waals surface area contributed by atoms with Crippen molar-refractivity contribution >= 4 is 5.97 Å². The number of aliphatic carboxylic acids is 1. The third-order valence-electron chi connectivity index (χ3n) is 2.64. The Balaban J connectivity index is 0.000000219. The van der Waals surface area contributed by atoms with Crippen molar-refractivity contribution in [2.45, 2.75) is 38.6 Å². The summed E-state index contributed by atoms with van der Waals surface area (Å²) in [6.45, 7) is -1.26. The van der Waals surface area contributed by atoms with Gasteiger partial charge in [-0.05, 0) is 31.9 Å². The molecule has 0 saturated carbocycles. The number of halogens is 4. The Morgan fingerprint density at radius 1 is 1.38 bits per heavy atom. The van der Waals surface area contributed by atoms with Gasteiger partial charge in [0.2, 0.25) is 5.82 Å². The highest BCUT2D eigenvalue weighted by molar-refractivity contribution is 5.72. The van der Waals surface area contributed by atoms with Crippen LogP contribution in [-0.4, -0.2) is 29.9 Å². The Labute approximate surface area is 118 Å². The van der Waals surface area contributed by atoms with E-state index in [0.717, 1.165) is 24.6 Å². The molecule has 21 heavy (non-hydrogen) atoms. The van der Waals surface area contributed by atoms with E-state index in [1.807, 2.05) is 6.92 Å². The number of ether oxygens (including phenoxy) is 2. The molecule has 118 valence electrons. The highest BCUT2D eigenvalue weighted by atomic mass is 19.3. The van der Waals surface area contributed by atoms with Crippen molar-refractivity contribution in [1.29, 1.82) is 0 Å². The largest absolute Gasteiger partial charge is 0.479 e. The number of hydrogen-bond acceptors (Lipinski definition) is 3. The summed E-state index contributed by atoms with van der Waals surface area (Å²) < 4.78 is 56.6. The predicted molar refractivity (Wildman–Crippen MR) is 64.2 cm³/mol. The molecule has 0 spiro atoms. The van der Waals surface area contributed by atoms with Crippen molar-refractivity contribution < 1.29 is 36.9 Å². The number of alkyl halides is 2. The molecule has 1 heterocycles. The first-order valence-corrected chi connectivity index (χ1v) is 6.08. The molecular weight excluding hydrogens is 296 g/mol. The summed E-state index contributed by atoms with van der Waals surface area (Å²) in [6, 6.07) is 2.81. The zero-order valence-corrected chi connectivity index (χ0v) is 11.1. The van der Waals surface area contributed by atoms with E-state index in [-0.39, 0.29) is 6.10 Å². The monoisotopic (exact) mass is 310 g/mol. The van der Waals surface area contributed by atoms with Crippen LogP contribution in [0.1, 0.15) is 19.8 Å². The average molecular weight is 310 g/mol. The van der Waals surface area contributed by atoms with Crippen molar-refractivity contribution in [2.75, 3.05) is 0 Å². The molecule has 0 bridgehead atoms. The lowest BCUT2D eigenvalue weighted by Gasteiger charge is -2.04. The smallest absolute Gasteiger partial charge is 0.387 e. The third kappa shape index (κ3) is 5.58. The summed E-state index contributed by atoms with van der Waals surface area (Å²) in [5.74, 6) is -4.24. The quantitative estimate of drug-likeness (QED) is 0.871. The van der Waals surface area contributed by atoms with Gasteiger partial charge in [0.25, 0.3) is 0 Å². The first-order chi connectivity index (χ1) is 9.81. The molecule has 1 saturated heterocycles. The van der Waals surface area contributed by atoms with Crippen molar-refractivity contribution in [1.82, 2.24) is 0 Å². The van der Waals surface area contributed by atoms with E-state index >= 15 is 0 Å². The van der Waals surface area contributed by atoms with E-state index in [1.165, 1.54) is 0 Å². The maximum absolute atomic E-state index is 12.5. The number of carboxylic acids is 1. The Hall–Kier alpha value is -1.83. The minimum absolute atomic E-state index is 0.131. The fourth-order valence-electron chi connectivity index (χ4n) is 1.66. The molecule has 0 radical (unpaired) electrons. The summed E-state index contributed by atoms with van der Waals surface area (Å²) >= 11 is 0. The third-order valence-corrected chi connectivity index (χ3v) is 2.64. The van der Waals surface area contributed by atoms with Crippen molar-refractivity contribution in [2.24, 2.45) is 0 Å². The van der Waals surface area contributed by atoms with Crippen LogP contribution in [0.4, 0.5) is 17.6 Å². The molecule has 1 aromatic rings. The van der Waals surface area contributed by atoms with Gasteiger partial charge in [0.15, 0.2) is 17.7 Å². The lowest BCUT2D eigenvalue weighted by atomic mass is 10.2. The molecule has 4 nitrogen and oxygen atoms in total. The minimum atomic E-state index is -3.15. The Morgan fingerprint density at radius 3 is 2.48 bits per heavy atom. The van der Waals surface area contributed by atoms with E-state index in [4.69, 9.17) is 9.84 Å². The van der Waals surface area contributed by atoms with Crippen molar-refractivity contribution in [3.8, 4) is 5.75 Å². The first-order valence-electron chi connectivity index (χ1n) is 6.08. The molecule has 2 rings (SSSR count). The zero-order chi connectivity index (χ0) is 16.0. The van der Waals surface area contributed by atoms with Crippen molar-refractivity contribution in [3.63, 3.8) is 0 Å². The average Bonchev–Trinajstić information content (AvgIpc) is 2.82. The van der Waals surface area contributed by atoms with Gasteiger partial charge in [-0.1, -0.05) is 6.07 Å². The summed E-state index contributed by atoms with van der Waals surface area (Å²) in [5, 5.41) is 8.41. The van der Waals surface area contributed by atoms with Gasteiger partial charge < -0.3 is 14.6 Å². The molecule has 1 aromatic carbocycles. The Kier molecular flexibility index (Phi) is 6.41. The minimum Gasteiger partial charge on any atom is -0.479 e. The molecule has 1 fully saturated rings. The van der Waals surface area contributed by atoms with Gasteiger partial charge in [0.1, 0.15) is 0 Å². The van der Waals surface area contributed by atoms with Crippen LogP contribution >= 0.6 is 0 Å². The standard InChI is InChI=1S/C7H4F4O.C6H10O3/c8-4-2-1-3-5(6(4)9)12-7(10)11;1-4-2-3-5(9-4)6(7)8/h1-3,7H;4-5H,2-3H2,1H3,(H,7,8). The maximum atomic E-state index is 12.5.